The maximum absolute atomic E-state index is 14.1. The number of carbonyl (C=O) groups excluding carboxylic acids is 2. The Morgan fingerprint density at radius 1 is 0.684 bits per heavy atom. The van der Waals surface area contributed by atoms with Crippen molar-refractivity contribution in [2.75, 3.05) is 93.5 Å². The van der Waals surface area contributed by atoms with E-state index < -0.39 is 36.3 Å². The Labute approximate surface area is 336 Å². The van der Waals surface area contributed by atoms with Crippen LogP contribution in [-0.4, -0.2) is 134 Å². The van der Waals surface area contributed by atoms with Gasteiger partial charge in [-0.1, -0.05) is 66.7 Å². The van der Waals surface area contributed by atoms with Crippen LogP contribution in [-0.2, 0) is 57.2 Å². The molecule has 0 heterocycles. The maximum Gasteiger partial charge on any atom is 0.407 e. The second-order valence-electron chi connectivity index (χ2n) is 13.7. The zero-order chi connectivity index (χ0) is 40.5. The van der Waals surface area contributed by atoms with E-state index >= 15 is 0 Å². The van der Waals surface area contributed by atoms with Crippen LogP contribution in [0.5, 0.6) is 5.75 Å². The number of aliphatic hydroxyl groups is 2. The molecule has 5 atom stereocenters. The van der Waals surface area contributed by atoms with Crippen molar-refractivity contribution in [1.29, 1.82) is 0 Å². The Balaban J connectivity index is 1.37. The van der Waals surface area contributed by atoms with Crippen LogP contribution < -0.4 is 15.4 Å². The quantitative estimate of drug-likeness (QED) is 0.0756. The van der Waals surface area contributed by atoms with Crippen LogP contribution in [0.1, 0.15) is 34.7 Å². The number of carbonyl (C=O) groups is 2. The van der Waals surface area contributed by atoms with Crippen molar-refractivity contribution >= 4 is 12.0 Å². The summed E-state index contributed by atoms with van der Waals surface area (Å²) in [4.78, 5) is 27.1. The third-order valence-corrected chi connectivity index (χ3v) is 9.43. The second kappa shape index (κ2) is 26.7. The predicted octanol–water partition coefficient (Wildman–Crippen LogP) is 3.45. The molecule has 4 rings (SSSR count). The summed E-state index contributed by atoms with van der Waals surface area (Å²) in [6.45, 7) is 4.58. The van der Waals surface area contributed by atoms with Gasteiger partial charge >= 0.3 is 6.09 Å². The minimum Gasteiger partial charge on any atom is -0.491 e. The highest BCUT2D eigenvalue weighted by atomic mass is 16.6. The maximum atomic E-state index is 14.1. The van der Waals surface area contributed by atoms with Crippen molar-refractivity contribution in [3.63, 3.8) is 0 Å². The zero-order valence-corrected chi connectivity index (χ0v) is 33.2. The van der Waals surface area contributed by atoms with Crippen molar-refractivity contribution in [2.45, 2.75) is 50.0 Å². The standard InChI is InChI=1S/C43H60N2O12/c1-50-16-18-52-20-21-54-22-23-55-25-27-57-43(49)44-38(29-32-8-4-3-5-9-32)39(46)31-35(42(48)45-41-37-11-7-6-10-34(37)30-40(41)47)28-33-12-14-36(15-13-33)56-26-24-53-19-17-51-2/h3-15,35,38-41,46-47H,16-31H2,1-2H3,(H,44,49)(H,45,48)/t35?,38?,39?,40-,41-/m0/s1. The summed E-state index contributed by atoms with van der Waals surface area (Å²) in [6.07, 6.45) is -1.59. The molecule has 314 valence electrons. The number of benzene rings is 3. The summed E-state index contributed by atoms with van der Waals surface area (Å²) in [5.41, 5.74) is 3.60. The lowest BCUT2D eigenvalue weighted by Gasteiger charge is -2.28. The van der Waals surface area contributed by atoms with Gasteiger partial charge in [-0.25, -0.2) is 4.79 Å². The van der Waals surface area contributed by atoms with E-state index in [0.29, 0.717) is 84.7 Å². The minimum atomic E-state index is -1.14. The Bertz CT molecular complexity index is 1550. The number of nitrogens with one attached hydrogen (secondary N) is 2. The Morgan fingerprint density at radius 3 is 1.89 bits per heavy atom. The van der Waals surface area contributed by atoms with Gasteiger partial charge in [0.25, 0.3) is 0 Å². The van der Waals surface area contributed by atoms with Crippen LogP contribution >= 0.6 is 0 Å². The lowest BCUT2D eigenvalue weighted by Crippen LogP contribution is -2.47. The molecule has 1 aliphatic rings. The highest BCUT2D eigenvalue weighted by molar-refractivity contribution is 5.80. The van der Waals surface area contributed by atoms with E-state index in [1.54, 1.807) is 14.2 Å². The first-order valence-corrected chi connectivity index (χ1v) is 19.6. The molecule has 0 spiro atoms. The molecule has 0 radical (unpaired) electrons. The molecule has 0 aromatic heterocycles. The number of hydrogen-bond acceptors (Lipinski definition) is 12. The molecule has 0 aliphatic heterocycles. The molecule has 2 amide bonds. The molecule has 0 fully saturated rings. The minimum absolute atomic E-state index is 0.00309. The van der Waals surface area contributed by atoms with Gasteiger partial charge in [0.15, 0.2) is 0 Å². The number of methoxy groups -OCH3 is 2. The van der Waals surface area contributed by atoms with E-state index in [4.69, 9.17) is 37.9 Å². The monoisotopic (exact) mass is 796 g/mol. The fraction of sp³-hybridized carbons (Fsp3) is 0.535. The lowest BCUT2D eigenvalue weighted by molar-refractivity contribution is -0.127. The first-order valence-electron chi connectivity index (χ1n) is 19.6. The van der Waals surface area contributed by atoms with Gasteiger partial charge in [0, 0.05) is 26.6 Å². The van der Waals surface area contributed by atoms with Crippen molar-refractivity contribution in [2.24, 2.45) is 5.92 Å². The number of rotatable bonds is 29. The van der Waals surface area contributed by atoms with E-state index in [9.17, 15) is 19.8 Å². The third kappa shape index (κ3) is 17.1. The largest absolute Gasteiger partial charge is 0.491 e. The Kier molecular flexibility index (Phi) is 21.4. The molecule has 0 saturated carbocycles. The average molecular weight is 797 g/mol. The zero-order valence-electron chi connectivity index (χ0n) is 33.2. The smallest absolute Gasteiger partial charge is 0.407 e. The number of aliphatic hydroxyl groups excluding tert-OH is 2. The van der Waals surface area contributed by atoms with Crippen LogP contribution in [0.4, 0.5) is 4.79 Å². The van der Waals surface area contributed by atoms with Crippen LogP contribution in [0.2, 0.25) is 0 Å². The van der Waals surface area contributed by atoms with Gasteiger partial charge in [-0.2, -0.15) is 0 Å². The van der Waals surface area contributed by atoms with Crippen molar-refractivity contribution in [3.05, 3.63) is 101 Å². The van der Waals surface area contributed by atoms with Gasteiger partial charge in [-0.05, 0) is 53.6 Å². The van der Waals surface area contributed by atoms with E-state index in [1.807, 2.05) is 78.9 Å². The molecule has 14 heteroatoms. The Morgan fingerprint density at radius 2 is 1.25 bits per heavy atom. The third-order valence-electron chi connectivity index (χ3n) is 9.43. The molecule has 4 N–H and O–H groups in total. The molecule has 1 aliphatic carbocycles. The van der Waals surface area contributed by atoms with Gasteiger partial charge < -0.3 is 58.7 Å². The summed E-state index contributed by atoms with van der Waals surface area (Å²) in [5, 5.41) is 28.6. The fourth-order valence-corrected chi connectivity index (χ4v) is 6.45. The van der Waals surface area contributed by atoms with Gasteiger partial charge in [0.2, 0.25) is 5.91 Å². The SMILES string of the molecule is COCCOCCOCCOCCOC(=O)NC(Cc1ccccc1)C(O)CC(Cc1ccc(OCCOCCOC)cc1)C(=O)N[C@H]1c2ccccc2C[C@@H]1O. The number of ether oxygens (including phenoxy) is 8. The Hall–Kier alpha value is -4.12. The fourth-order valence-electron chi connectivity index (χ4n) is 6.45. The summed E-state index contributed by atoms with van der Waals surface area (Å²) >= 11 is 0. The number of alkyl carbamates (subject to hydrolysis) is 1. The molecular weight excluding hydrogens is 736 g/mol. The normalized spacial score (nSPS) is 16.4. The first-order chi connectivity index (χ1) is 27.9. The van der Waals surface area contributed by atoms with Crippen LogP contribution in [0.25, 0.3) is 0 Å². The van der Waals surface area contributed by atoms with Gasteiger partial charge in [0.1, 0.15) is 19.0 Å². The second-order valence-corrected chi connectivity index (χ2v) is 13.7. The molecular formula is C43H60N2O12. The number of hydrogen-bond donors (Lipinski definition) is 4. The molecule has 3 aromatic carbocycles. The molecule has 3 unspecified atom stereocenters. The number of amides is 2. The highest BCUT2D eigenvalue weighted by Gasteiger charge is 2.35. The first kappa shape index (κ1) is 45.6. The number of fused-ring (bicyclic) bond motifs is 1. The van der Waals surface area contributed by atoms with Crippen molar-refractivity contribution < 1.29 is 57.7 Å². The van der Waals surface area contributed by atoms with E-state index in [1.165, 1.54) is 0 Å². The van der Waals surface area contributed by atoms with E-state index in [-0.39, 0.29) is 32.0 Å². The van der Waals surface area contributed by atoms with Crippen molar-refractivity contribution in [1.82, 2.24) is 10.6 Å². The van der Waals surface area contributed by atoms with Crippen molar-refractivity contribution in [3.8, 4) is 5.75 Å². The van der Waals surface area contributed by atoms with Crippen LogP contribution in [0.3, 0.4) is 0 Å². The summed E-state index contributed by atoms with van der Waals surface area (Å²) < 4.78 is 42.9. The average Bonchev–Trinajstić information content (AvgIpc) is 3.53. The molecule has 3 aromatic rings. The van der Waals surface area contributed by atoms with Gasteiger partial charge in [-0.15, -0.1) is 0 Å². The topological polar surface area (TPSA) is 172 Å². The molecule has 57 heavy (non-hydrogen) atoms. The summed E-state index contributed by atoms with van der Waals surface area (Å²) in [5.74, 6) is -0.377. The summed E-state index contributed by atoms with van der Waals surface area (Å²) in [6, 6.07) is 23.2. The highest BCUT2D eigenvalue weighted by Crippen LogP contribution is 2.32. The molecule has 0 bridgehead atoms. The molecule has 14 nitrogen and oxygen atoms in total. The summed E-state index contributed by atoms with van der Waals surface area (Å²) in [7, 11) is 3.23. The van der Waals surface area contributed by atoms with E-state index in [0.717, 1.165) is 22.3 Å². The lowest BCUT2D eigenvalue weighted by atomic mass is 9.88. The molecule has 0 saturated heterocycles. The van der Waals surface area contributed by atoms with Crippen LogP contribution in [0.15, 0.2) is 78.9 Å². The van der Waals surface area contributed by atoms with Gasteiger partial charge in [0.05, 0.1) is 90.4 Å². The van der Waals surface area contributed by atoms with Gasteiger partial charge in [-0.3, -0.25) is 4.79 Å². The van der Waals surface area contributed by atoms with E-state index in [2.05, 4.69) is 10.6 Å². The predicted molar refractivity (Wildman–Crippen MR) is 212 cm³/mol. The van der Waals surface area contributed by atoms with Crippen LogP contribution in [0, 0.1) is 5.92 Å².